The van der Waals surface area contributed by atoms with Crippen LogP contribution in [-0.4, -0.2) is 73.5 Å². The number of rotatable bonds is 3. The van der Waals surface area contributed by atoms with E-state index >= 15 is 0 Å². The van der Waals surface area contributed by atoms with Crippen LogP contribution < -0.4 is 0 Å². The highest BCUT2D eigenvalue weighted by molar-refractivity contribution is 4.82. The van der Waals surface area contributed by atoms with Crippen LogP contribution in [0.2, 0.25) is 0 Å². The predicted octanol–water partition coefficient (Wildman–Crippen LogP) is 0.800. The van der Waals surface area contributed by atoms with Gasteiger partial charge in [0.25, 0.3) is 0 Å². The van der Waals surface area contributed by atoms with Gasteiger partial charge in [0.1, 0.15) is 0 Å². The Kier molecular flexibility index (Phi) is 5.42. The van der Waals surface area contributed by atoms with E-state index in [-0.39, 0.29) is 6.10 Å². The summed E-state index contributed by atoms with van der Waals surface area (Å²) in [5.41, 5.74) is 0. The molecule has 0 aromatic carbocycles. The maximum absolute atomic E-state index is 10.1. The molecule has 18 heavy (non-hydrogen) atoms. The molecule has 4 nitrogen and oxygen atoms in total. The van der Waals surface area contributed by atoms with Crippen LogP contribution in [0.3, 0.4) is 0 Å². The van der Waals surface area contributed by atoms with E-state index in [0.29, 0.717) is 12.0 Å². The summed E-state index contributed by atoms with van der Waals surface area (Å²) in [5, 5.41) is 10.1. The number of aliphatic hydroxyl groups is 1. The molecule has 0 spiro atoms. The fourth-order valence-corrected chi connectivity index (χ4v) is 3.18. The van der Waals surface area contributed by atoms with Crippen LogP contribution in [0.4, 0.5) is 0 Å². The molecule has 0 aromatic heterocycles. The van der Waals surface area contributed by atoms with Crippen molar-refractivity contribution in [2.45, 2.75) is 38.3 Å². The molecule has 1 N–H and O–H groups in total. The summed E-state index contributed by atoms with van der Waals surface area (Å²) in [6.07, 6.45) is 3.05. The lowest BCUT2D eigenvalue weighted by Gasteiger charge is -2.36. The van der Waals surface area contributed by atoms with Gasteiger partial charge in [-0.05, 0) is 39.4 Å². The SMILES string of the molecule is CCC1CN(C)CCCN1CC1COCCC1O. The normalized spacial score (nSPS) is 36.5. The first kappa shape index (κ1) is 14.3. The van der Waals surface area contributed by atoms with Crippen molar-refractivity contribution in [3.8, 4) is 0 Å². The van der Waals surface area contributed by atoms with Crippen LogP contribution in [0.15, 0.2) is 0 Å². The molecular formula is C14H28N2O2. The first-order chi connectivity index (χ1) is 8.70. The second-order valence-electron chi connectivity index (χ2n) is 5.86. The van der Waals surface area contributed by atoms with E-state index in [0.717, 1.165) is 39.3 Å². The number of ether oxygens (including phenoxy) is 1. The molecule has 3 unspecified atom stereocenters. The average molecular weight is 256 g/mol. The van der Waals surface area contributed by atoms with Crippen molar-refractivity contribution in [1.82, 2.24) is 9.80 Å². The van der Waals surface area contributed by atoms with Crippen molar-refractivity contribution in [2.24, 2.45) is 5.92 Å². The maximum Gasteiger partial charge on any atom is 0.0624 e. The number of hydrogen-bond donors (Lipinski definition) is 1. The Morgan fingerprint density at radius 3 is 2.89 bits per heavy atom. The first-order valence-electron chi connectivity index (χ1n) is 7.39. The minimum Gasteiger partial charge on any atom is -0.393 e. The smallest absolute Gasteiger partial charge is 0.0624 e. The number of aliphatic hydroxyl groups excluding tert-OH is 1. The van der Waals surface area contributed by atoms with Gasteiger partial charge >= 0.3 is 0 Å². The molecule has 0 bridgehead atoms. The zero-order valence-corrected chi connectivity index (χ0v) is 11.8. The molecule has 106 valence electrons. The molecule has 0 aliphatic carbocycles. The van der Waals surface area contributed by atoms with Crippen molar-refractivity contribution >= 4 is 0 Å². The first-order valence-corrected chi connectivity index (χ1v) is 7.39. The lowest BCUT2D eigenvalue weighted by Crippen LogP contribution is -2.46. The summed E-state index contributed by atoms with van der Waals surface area (Å²) in [5.74, 6) is 0.302. The van der Waals surface area contributed by atoms with E-state index in [2.05, 4.69) is 23.8 Å². The molecular weight excluding hydrogens is 228 g/mol. The maximum atomic E-state index is 10.1. The van der Waals surface area contributed by atoms with Gasteiger partial charge in [-0.1, -0.05) is 6.92 Å². The molecule has 0 amide bonds. The quantitative estimate of drug-likeness (QED) is 0.810. The molecule has 0 aromatic rings. The molecule has 2 heterocycles. The summed E-state index contributed by atoms with van der Waals surface area (Å²) in [7, 11) is 2.21. The van der Waals surface area contributed by atoms with Crippen molar-refractivity contribution in [1.29, 1.82) is 0 Å². The third kappa shape index (κ3) is 3.67. The third-order valence-corrected chi connectivity index (χ3v) is 4.40. The summed E-state index contributed by atoms with van der Waals surface area (Å²) >= 11 is 0. The summed E-state index contributed by atoms with van der Waals surface area (Å²) in [6, 6.07) is 0.631. The van der Waals surface area contributed by atoms with Crippen LogP contribution >= 0.6 is 0 Å². The Hall–Kier alpha value is -0.160. The lowest BCUT2D eigenvalue weighted by molar-refractivity contribution is -0.0504. The van der Waals surface area contributed by atoms with Gasteiger partial charge in [-0.2, -0.15) is 0 Å². The molecule has 2 rings (SSSR count). The molecule has 2 aliphatic heterocycles. The summed E-state index contributed by atoms with van der Waals surface area (Å²) in [4.78, 5) is 5.01. The Morgan fingerprint density at radius 1 is 1.33 bits per heavy atom. The molecule has 3 atom stereocenters. The summed E-state index contributed by atoms with van der Waals surface area (Å²) < 4.78 is 5.52. The minimum absolute atomic E-state index is 0.169. The largest absolute Gasteiger partial charge is 0.393 e. The minimum atomic E-state index is -0.169. The van der Waals surface area contributed by atoms with Crippen LogP contribution in [0, 0.1) is 5.92 Å². The Bertz CT molecular complexity index is 250. The van der Waals surface area contributed by atoms with E-state index in [1.54, 1.807) is 0 Å². The van der Waals surface area contributed by atoms with E-state index in [9.17, 15) is 5.11 Å². The molecule has 2 fully saturated rings. The molecule has 4 heteroatoms. The molecule has 2 aliphatic rings. The van der Waals surface area contributed by atoms with Gasteiger partial charge < -0.3 is 14.7 Å². The van der Waals surface area contributed by atoms with Gasteiger partial charge in [0.15, 0.2) is 0 Å². The Labute approximate surface area is 111 Å². The van der Waals surface area contributed by atoms with Crippen molar-refractivity contribution in [3.63, 3.8) is 0 Å². The predicted molar refractivity (Wildman–Crippen MR) is 72.7 cm³/mol. The Morgan fingerprint density at radius 2 is 2.17 bits per heavy atom. The monoisotopic (exact) mass is 256 g/mol. The van der Waals surface area contributed by atoms with E-state index in [1.165, 1.54) is 19.4 Å². The van der Waals surface area contributed by atoms with E-state index < -0.39 is 0 Å². The lowest BCUT2D eigenvalue weighted by atomic mass is 9.97. The van der Waals surface area contributed by atoms with Crippen molar-refractivity contribution in [3.05, 3.63) is 0 Å². The second-order valence-corrected chi connectivity index (χ2v) is 5.86. The van der Waals surface area contributed by atoms with Gasteiger partial charge in [0.2, 0.25) is 0 Å². The standard InChI is InChI=1S/C14H28N2O2/c1-3-13-10-15(2)6-4-7-16(13)9-12-11-18-8-5-14(12)17/h12-14,17H,3-11H2,1-2H3. The van der Waals surface area contributed by atoms with Crippen LogP contribution in [0.25, 0.3) is 0 Å². The van der Waals surface area contributed by atoms with Gasteiger partial charge in [-0.15, -0.1) is 0 Å². The van der Waals surface area contributed by atoms with Crippen LogP contribution in [0.5, 0.6) is 0 Å². The van der Waals surface area contributed by atoms with Gasteiger partial charge in [-0.3, -0.25) is 4.90 Å². The van der Waals surface area contributed by atoms with Crippen LogP contribution in [0.1, 0.15) is 26.2 Å². The number of likely N-dealkylation sites (N-methyl/N-ethyl adjacent to an activating group) is 1. The Balaban J connectivity index is 1.92. The number of hydrogen-bond acceptors (Lipinski definition) is 4. The highest BCUT2D eigenvalue weighted by Crippen LogP contribution is 2.20. The second kappa shape index (κ2) is 6.85. The van der Waals surface area contributed by atoms with Crippen LogP contribution in [-0.2, 0) is 4.74 Å². The zero-order valence-electron chi connectivity index (χ0n) is 11.8. The zero-order chi connectivity index (χ0) is 13.0. The fourth-order valence-electron chi connectivity index (χ4n) is 3.18. The fraction of sp³-hybridized carbons (Fsp3) is 1.00. The summed E-state index contributed by atoms with van der Waals surface area (Å²) in [6.45, 7) is 8.21. The average Bonchev–Trinajstić information content (AvgIpc) is 2.54. The van der Waals surface area contributed by atoms with Gasteiger partial charge in [0.05, 0.1) is 12.7 Å². The topological polar surface area (TPSA) is 35.9 Å². The van der Waals surface area contributed by atoms with Gasteiger partial charge in [-0.25, -0.2) is 0 Å². The van der Waals surface area contributed by atoms with Gasteiger partial charge in [0, 0.05) is 31.7 Å². The molecule has 0 radical (unpaired) electrons. The van der Waals surface area contributed by atoms with Crippen molar-refractivity contribution < 1.29 is 9.84 Å². The highest BCUT2D eigenvalue weighted by Gasteiger charge is 2.29. The number of nitrogens with zero attached hydrogens (tertiary/aromatic N) is 2. The third-order valence-electron chi connectivity index (χ3n) is 4.40. The highest BCUT2D eigenvalue weighted by atomic mass is 16.5. The molecule has 2 saturated heterocycles. The van der Waals surface area contributed by atoms with E-state index in [4.69, 9.17) is 4.74 Å². The van der Waals surface area contributed by atoms with E-state index in [1.807, 2.05) is 0 Å². The molecule has 0 saturated carbocycles. The van der Waals surface area contributed by atoms with Crippen molar-refractivity contribution in [2.75, 3.05) is 46.4 Å².